The zero-order valence-electron chi connectivity index (χ0n) is 11.3. The fourth-order valence-corrected chi connectivity index (χ4v) is 2.60. The molecule has 1 aromatic heterocycles. The lowest BCUT2D eigenvalue weighted by molar-refractivity contribution is 0.297. The summed E-state index contributed by atoms with van der Waals surface area (Å²) in [5, 5.41) is -0.670. The molecule has 20 heavy (non-hydrogen) atoms. The van der Waals surface area contributed by atoms with Gasteiger partial charge in [0.2, 0.25) is 0 Å². The van der Waals surface area contributed by atoms with Crippen molar-refractivity contribution >= 4 is 20.9 Å². The van der Waals surface area contributed by atoms with Crippen LogP contribution in [0, 0.1) is 0 Å². The van der Waals surface area contributed by atoms with E-state index >= 15 is 0 Å². The van der Waals surface area contributed by atoms with Gasteiger partial charge >= 0.3 is 0 Å². The average Bonchev–Trinajstić information content (AvgIpc) is 2.64. The summed E-state index contributed by atoms with van der Waals surface area (Å²) in [5.41, 5.74) is 1.43. The van der Waals surface area contributed by atoms with Crippen molar-refractivity contribution in [3.8, 4) is 11.5 Å². The maximum absolute atomic E-state index is 11.6. The molecule has 0 saturated heterocycles. The van der Waals surface area contributed by atoms with E-state index < -0.39 is 15.1 Å². The van der Waals surface area contributed by atoms with Gasteiger partial charge < -0.3 is 14.5 Å². The number of ether oxygens (including phenoxy) is 2. The van der Waals surface area contributed by atoms with Crippen molar-refractivity contribution in [1.29, 1.82) is 0 Å². The van der Waals surface area contributed by atoms with Gasteiger partial charge in [-0.3, -0.25) is 0 Å². The molecule has 1 aromatic carbocycles. The Bertz CT molecular complexity index is 708. The van der Waals surface area contributed by atoms with Gasteiger partial charge in [-0.15, -0.1) is 0 Å². The molecule has 0 spiro atoms. The van der Waals surface area contributed by atoms with E-state index in [9.17, 15) is 8.42 Å². The molecule has 0 aliphatic carbocycles. The summed E-state index contributed by atoms with van der Waals surface area (Å²) in [7, 11) is -3.18. The molecule has 3 rings (SSSR count). The second kappa shape index (κ2) is 4.66. The maximum Gasteiger partial charge on any atom is 0.163 e. The van der Waals surface area contributed by atoms with Crippen LogP contribution >= 0.6 is 0 Å². The van der Waals surface area contributed by atoms with Gasteiger partial charge in [0.1, 0.15) is 11.1 Å². The minimum atomic E-state index is -3.18. The van der Waals surface area contributed by atoms with Gasteiger partial charge in [0.25, 0.3) is 0 Å². The fourth-order valence-electron chi connectivity index (χ4n) is 2.08. The van der Waals surface area contributed by atoms with E-state index in [0.717, 1.165) is 11.9 Å². The van der Waals surface area contributed by atoms with Crippen LogP contribution in [-0.2, 0) is 9.84 Å². The Labute approximate surface area is 117 Å². The number of hydrogen-bond acceptors (Lipinski definition) is 5. The fraction of sp³-hybridized carbons (Fsp3) is 0.462. The van der Waals surface area contributed by atoms with Gasteiger partial charge in [0, 0.05) is 24.8 Å². The summed E-state index contributed by atoms with van der Waals surface area (Å²) in [6.07, 6.45) is 2.04. The Balaban J connectivity index is 2.08. The van der Waals surface area contributed by atoms with Crippen LogP contribution in [-0.4, -0.2) is 37.9 Å². The molecule has 1 aliphatic heterocycles. The standard InChI is InChI=1S/C13H16N2O4S/c1-8(20(2,16)17)13-14-9-6-11-12(7-10(9)15-13)19-5-3-4-18-11/h6-8H,3-5H2,1-2H3,(H,14,15). The number of nitrogens with one attached hydrogen (secondary N) is 1. The SMILES string of the molecule is CC(c1nc2cc3c(cc2[nH]1)OCCCO3)S(C)(=O)=O. The zero-order chi connectivity index (χ0) is 14.3. The number of nitrogens with zero attached hydrogens (tertiary/aromatic N) is 1. The first-order valence-electron chi connectivity index (χ1n) is 6.43. The number of rotatable bonds is 2. The van der Waals surface area contributed by atoms with Crippen LogP contribution in [0.3, 0.4) is 0 Å². The smallest absolute Gasteiger partial charge is 0.163 e. The molecular weight excluding hydrogens is 280 g/mol. The summed E-state index contributed by atoms with van der Waals surface area (Å²) in [6.45, 7) is 2.83. The molecule has 7 heteroatoms. The van der Waals surface area contributed by atoms with Crippen molar-refractivity contribution in [2.24, 2.45) is 0 Å². The van der Waals surface area contributed by atoms with Gasteiger partial charge in [-0.05, 0) is 6.92 Å². The highest BCUT2D eigenvalue weighted by Crippen LogP contribution is 2.34. The van der Waals surface area contributed by atoms with E-state index in [1.54, 1.807) is 13.0 Å². The Morgan fingerprint density at radius 2 is 1.90 bits per heavy atom. The Morgan fingerprint density at radius 1 is 1.25 bits per heavy atom. The summed E-state index contributed by atoms with van der Waals surface area (Å²) in [4.78, 5) is 7.39. The van der Waals surface area contributed by atoms with Gasteiger partial charge in [-0.2, -0.15) is 0 Å². The number of hydrogen-bond donors (Lipinski definition) is 1. The lowest BCUT2D eigenvalue weighted by atomic mass is 10.3. The quantitative estimate of drug-likeness (QED) is 0.914. The van der Waals surface area contributed by atoms with Crippen molar-refractivity contribution < 1.29 is 17.9 Å². The number of fused-ring (bicyclic) bond motifs is 2. The molecule has 0 bridgehead atoms. The van der Waals surface area contributed by atoms with E-state index in [2.05, 4.69) is 9.97 Å². The maximum atomic E-state index is 11.6. The highest BCUT2D eigenvalue weighted by Gasteiger charge is 2.22. The predicted octanol–water partition coefficient (Wildman–Crippen LogP) is 1.83. The molecular formula is C13H16N2O4S. The second-order valence-corrected chi connectivity index (χ2v) is 7.33. The van der Waals surface area contributed by atoms with E-state index in [-0.39, 0.29) is 0 Å². The van der Waals surface area contributed by atoms with Crippen LogP contribution in [0.15, 0.2) is 12.1 Å². The van der Waals surface area contributed by atoms with Crippen molar-refractivity contribution in [2.45, 2.75) is 18.6 Å². The number of imidazole rings is 1. The Morgan fingerprint density at radius 3 is 2.55 bits per heavy atom. The largest absolute Gasteiger partial charge is 0.489 e. The molecule has 0 fully saturated rings. The van der Waals surface area contributed by atoms with Crippen LogP contribution in [0.4, 0.5) is 0 Å². The van der Waals surface area contributed by atoms with Gasteiger partial charge in [-0.25, -0.2) is 13.4 Å². The molecule has 108 valence electrons. The van der Waals surface area contributed by atoms with Crippen LogP contribution in [0.1, 0.15) is 24.4 Å². The van der Waals surface area contributed by atoms with Crippen molar-refractivity contribution in [3.63, 3.8) is 0 Å². The first-order chi connectivity index (χ1) is 9.45. The Hall–Kier alpha value is -1.76. The van der Waals surface area contributed by atoms with Gasteiger partial charge in [-0.1, -0.05) is 0 Å². The third kappa shape index (κ3) is 2.33. The first kappa shape index (κ1) is 13.2. The van der Waals surface area contributed by atoms with Crippen LogP contribution < -0.4 is 9.47 Å². The van der Waals surface area contributed by atoms with Gasteiger partial charge in [0.05, 0.1) is 24.2 Å². The number of aromatic nitrogens is 2. The van der Waals surface area contributed by atoms with E-state index in [1.165, 1.54) is 6.26 Å². The normalized spacial score (nSPS) is 16.9. The summed E-state index contributed by atoms with van der Waals surface area (Å²) in [6, 6.07) is 3.59. The molecule has 2 aromatic rings. The predicted molar refractivity (Wildman–Crippen MR) is 75.0 cm³/mol. The molecule has 1 unspecified atom stereocenters. The highest BCUT2D eigenvalue weighted by molar-refractivity contribution is 7.90. The van der Waals surface area contributed by atoms with Crippen LogP contribution in [0.5, 0.6) is 11.5 Å². The minimum Gasteiger partial charge on any atom is -0.489 e. The molecule has 1 aliphatic rings. The van der Waals surface area contributed by atoms with Crippen molar-refractivity contribution in [2.75, 3.05) is 19.5 Å². The van der Waals surface area contributed by atoms with E-state index in [1.807, 2.05) is 6.07 Å². The van der Waals surface area contributed by atoms with Gasteiger partial charge in [0.15, 0.2) is 21.3 Å². The van der Waals surface area contributed by atoms with Crippen LogP contribution in [0.2, 0.25) is 0 Å². The number of aromatic amines is 1. The first-order valence-corrected chi connectivity index (χ1v) is 8.39. The second-order valence-electron chi connectivity index (χ2n) is 4.96. The van der Waals surface area contributed by atoms with Crippen molar-refractivity contribution in [1.82, 2.24) is 9.97 Å². The molecule has 2 heterocycles. The Kier molecular flexibility index (Phi) is 3.08. The minimum absolute atomic E-state index is 0.433. The van der Waals surface area contributed by atoms with Crippen molar-refractivity contribution in [3.05, 3.63) is 18.0 Å². The monoisotopic (exact) mass is 296 g/mol. The third-order valence-corrected chi connectivity index (χ3v) is 4.90. The average molecular weight is 296 g/mol. The number of H-pyrrole nitrogens is 1. The molecule has 0 radical (unpaired) electrons. The molecule has 1 N–H and O–H groups in total. The lowest BCUT2D eigenvalue weighted by Crippen LogP contribution is -2.09. The zero-order valence-corrected chi connectivity index (χ0v) is 12.2. The third-order valence-electron chi connectivity index (χ3n) is 3.40. The van der Waals surface area contributed by atoms with Crippen LogP contribution in [0.25, 0.3) is 11.0 Å². The number of sulfone groups is 1. The summed E-state index contributed by atoms with van der Waals surface area (Å²) >= 11 is 0. The van der Waals surface area contributed by atoms with E-state index in [0.29, 0.717) is 36.1 Å². The number of benzene rings is 1. The summed E-state index contributed by atoms with van der Waals surface area (Å²) in [5.74, 6) is 1.75. The molecule has 0 saturated carbocycles. The molecule has 0 amide bonds. The lowest BCUT2D eigenvalue weighted by Gasteiger charge is -2.05. The van der Waals surface area contributed by atoms with E-state index in [4.69, 9.17) is 9.47 Å². The highest BCUT2D eigenvalue weighted by atomic mass is 32.2. The summed E-state index contributed by atoms with van der Waals surface area (Å²) < 4.78 is 34.4. The topological polar surface area (TPSA) is 81.3 Å². The molecule has 6 nitrogen and oxygen atoms in total. The molecule has 1 atom stereocenters.